The van der Waals surface area contributed by atoms with Crippen molar-refractivity contribution in [2.45, 2.75) is 29.9 Å². The summed E-state index contributed by atoms with van der Waals surface area (Å²) in [4.78, 5) is 0. The minimum atomic E-state index is -0.522. The van der Waals surface area contributed by atoms with Crippen molar-refractivity contribution in [3.8, 4) is 0 Å². The summed E-state index contributed by atoms with van der Waals surface area (Å²) in [5.41, 5.74) is 1.13. The van der Waals surface area contributed by atoms with Crippen molar-refractivity contribution in [1.82, 2.24) is 0 Å². The molecule has 0 unspecified atom stereocenters. The first-order valence-electron chi connectivity index (χ1n) is 5.55. The van der Waals surface area contributed by atoms with Crippen LogP contribution in [0.2, 0.25) is 0 Å². The van der Waals surface area contributed by atoms with Crippen molar-refractivity contribution in [1.29, 1.82) is 0 Å². The van der Waals surface area contributed by atoms with Crippen molar-refractivity contribution in [3.05, 3.63) is 35.9 Å². The van der Waals surface area contributed by atoms with E-state index in [1.165, 1.54) is 6.42 Å². The Labute approximate surface area is 106 Å². The van der Waals surface area contributed by atoms with E-state index in [0.717, 1.165) is 17.1 Å². The highest BCUT2D eigenvalue weighted by molar-refractivity contribution is 8.18. The van der Waals surface area contributed by atoms with E-state index < -0.39 is 6.10 Å². The standard InChI is InChI=1S/C13H15OS2/c1-11(14)10-13(15-8-5-9-16-13)12-6-3-2-4-7-12/h2-3,6,11H,5,8-10H2,1H3/q-1/t11-/m1/s1. The van der Waals surface area contributed by atoms with Gasteiger partial charge in [0.1, 0.15) is 0 Å². The number of rotatable bonds is 3. The molecule has 1 saturated heterocycles. The molecule has 16 heavy (non-hydrogen) atoms. The van der Waals surface area contributed by atoms with Gasteiger partial charge in [-0.15, -0.1) is 29.6 Å². The lowest BCUT2D eigenvalue weighted by Crippen LogP contribution is -2.32. The second-order valence-corrected chi connectivity index (χ2v) is 7.07. The van der Waals surface area contributed by atoms with Crippen LogP contribution in [0.1, 0.15) is 25.3 Å². The zero-order chi connectivity index (χ0) is 11.4. The molecule has 0 aromatic heterocycles. The molecule has 1 heterocycles. The second-order valence-electron chi connectivity index (χ2n) is 4.03. The van der Waals surface area contributed by atoms with E-state index in [0.29, 0.717) is 6.42 Å². The number of hydrogen-bond donors (Lipinski definition) is 0. The first-order chi connectivity index (χ1) is 7.73. The minimum Gasteiger partial charge on any atom is -0.852 e. The van der Waals surface area contributed by atoms with Crippen LogP contribution in [0.4, 0.5) is 0 Å². The summed E-state index contributed by atoms with van der Waals surface area (Å²) in [5, 5.41) is 11.5. The zero-order valence-electron chi connectivity index (χ0n) is 9.36. The molecule has 1 aliphatic rings. The van der Waals surface area contributed by atoms with Crippen LogP contribution in [0.15, 0.2) is 18.2 Å². The summed E-state index contributed by atoms with van der Waals surface area (Å²) < 4.78 is -0.0722. The van der Waals surface area contributed by atoms with Crippen molar-refractivity contribution >= 4 is 23.5 Å². The fourth-order valence-corrected chi connectivity index (χ4v) is 5.42. The monoisotopic (exact) mass is 251 g/mol. The first-order valence-corrected chi connectivity index (χ1v) is 7.53. The predicted molar refractivity (Wildman–Crippen MR) is 69.4 cm³/mol. The highest BCUT2D eigenvalue weighted by Gasteiger charge is 2.35. The van der Waals surface area contributed by atoms with Crippen LogP contribution in [-0.2, 0) is 4.08 Å². The molecule has 0 saturated carbocycles. The molecule has 0 amide bonds. The topological polar surface area (TPSA) is 23.1 Å². The highest BCUT2D eigenvalue weighted by atomic mass is 32.2. The van der Waals surface area contributed by atoms with Gasteiger partial charge in [0, 0.05) is 5.56 Å². The van der Waals surface area contributed by atoms with Gasteiger partial charge in [-0.1, -0.05) is 25.1 Å². The Morgan fingerprint density at radius 3 is 2.81 bits per heavy atom. The van der Waals surface area contributed by atoms with E-state index in [9.17, 15) is 5.11 Å². The van der Waals surface area contributed by atoms with Gasteiger partial charge in [-0.2, -0.15) is 0 Å². The van der Waals surface area contributed by atoms with Gasteiger partial charge in [-0.05, 0) is 36.5 Å². The van der Waals surface area contributed by atoms with Crippen LogP contribution in [0.5, 0.6) is 0 Å². The maximum atomic E-state index is 11.5. The third-order valence-corrected chi connectivity index (χ3v) is 5.97. The molecule has 1 nitrogen and oxygen atoms in total. The molecule has 86 valence electrons. The van der Waals surface area contributed by atoms with E-state index in [4.69, 9.17) is 0 Å². The van der Waals surface area contributed by atoms with Gasteiger partial charge in [-0.25, -0.2) is 0 Å². The van der Waals surface area contributed by atoms with E-state index in [1.54, 1.807) is 6.92 Å². The van der Waals surface area contributed by atoms with E-state index >= 15 is 0 Å². The van der Waals surface area contributed by atoms with Gasteiger partial charge in [0.2, 0.25) is 0 Å². The van der Waals surface area contributed by atoms with Crippen molar-refractivity contribution in [2.24, 2.45) is 0 Å². The average Bonchev–Trinajstić information content (AvgIpc) is 2.30. The Kier molecular flexibility index (Phi) is 4.07. The van der Waals surface area contributed by atoms with Crippen LogP contribution in [-0.4, -0.2) is 17.6 Å². The molecule has 1 fully saturated rings. The van der Waals surface area contributed by atoms with E-state index in [1.807, 2.05) is 35.7 Å². The molecule has 0 spiro atoms. The quantitative estimate of drug-likeness (QED) is 0.824. The SMILES string of the molecule is C[C@@H]([O-])CC1(c2c#cccc2)SCCCS1. The first kappa shape index (κ1) is 12.2. The summed E-state index contributed by atoms with van der Waals surface area (Å²) >= 11 is 3.81. The van der Waals surface area contributed by atoms with Gasteiger partial charge in [-0.3, -0.25) is 0 Å². The Bertz CT molecular complexity index is 318. The molecule has 0 bridgehead atoms. The fraction of sp³-hybridized carbons (Fsp3) is 0.538. The smallest absolute Gasteiger partial charge is 0.0927 e. The lowest BCUT2D eigenvalue weighted by atomic mass is 10.1. The molecular weight excluding hydrogens is 236 g/mol. The van der Waals surface area contributed by atoms with Gasteiger partial charge in [0.05, 0.1) is 4.08 Å². The van der Waals surface area contributed by atoms with E-state index in [-0.39, 0.29) is 4.08 Å². The third kappa shape index (κ3) is 2.68. The molecule has 1 aromatic carbocycles. The maximum absolute atomic E-state index is 11.5. The summed E-state index contributed by atoms with van der Waals surface area (Å²) in [5.74, 6) is 2.28. The summed E-state index contributed by atoms with van der Waals surface area (Å²) in [7, 11) is 0. The Morgan fingerprint density at radius 2 is 2.25 bits per heavy atom. The van der Waals surface area contributed by atoms with Crippen LogP contribution < -0.4 is 5.11 Å². The van der Waals surface area contributed by atoms with E-state index in [2.05, 4.69) is 18.2 Å². The van der Waals surface area contributed by atoms with Crippen molar-refractivity contribution in [3.63, 3.8) is 0 Å². The third-order valence-electron chi connectivity index (χ3n) is 2.57. The van der Waals surface area contributed by atoms with Gasteiger partial charge >= 0.3 is 0 Å². The lowest BCUT2D eigenvalue weighted by Gasteiger charge is -2.39. The summed E-state index contributed by atoms with van der Waals surface area (Å²) in [6.07, 6.45) is 1.39. The predicted octanol–water partition coefficient (Wildman–Crippen LogP) is 2.45. The minimum absolute atomic E-state index is 0.0722. The fourth-order valence-electron chi connectivity index (χ4n) is 1.91. The van der Waals surface area contributed by atoms with Crippen LogP contribution in [0.25, 0.3) is 0 Å². The van der Waals surface area contributed by atoms with Gasteiger partial charge < -0.3 is 5.11 Å². The normalized spacial score (nSPS) is 21.1. The molecule has 3 heteroatoms. The molecule has 0 radical (unpaired) electrons. The molecule has 1 atom stereocenters. The molecule has 1 aliphatic heterocycles. The molecule has 0 N–H and O–H groups in total. The largest absolute Gasteiger partial charge is 0.852 e. The Morgan fingerprint density at radius 1 is 1.50 bits per heavy atom. The van der Waals surface area contributed by atoms with Crippen molar-refractivity contribution < 1.29 is 5.11 Å². The second kappa shape index (κ2) is 5.35. The van der Waals surface area contributed by atoms with Crippen molar-refractivity contribution in [2.75, 3.05) is 11.5 Å². The summed E-state index contributed by atoms with van der Waals surface area (Å²) in [6.45, 7) is 1.75. The average molecular weight is 251 g/mol. The summed E-state index contributed by atoms with van der Waals surface area (Å²) in [6, 6.07) is 12.1. The lowest BCUT2D eigenvalue weighted by molar-refractivity contribution is -0.415. The molecule has 1 aromatic rings. The zero-order valence-corrected chi connectivity index (χ0v) is 11.0. The van der Waals surface area contributed by atoms with Gasteiger partial charge in [0.15, 0.2) is 0 Å². The number of hydrogen-bond acceptors (Lipinski definition) is 3. The molecule has 2 rings (SSSR count). The van der Waals surface area contributed by atoms with Gasteiger partial charge in [0.25, 0.3) is 0 Å². The highest BCUT2D eigenvalue weighted by Crippen LogP contribution is 2.52. The van der Waals surface area contributed by atoms with Crippen LogP contribution >= 0.6 is 23.5 Å². The maximum Gasteiger partial charge on any atom is 0.0927 e. The molecule has 0 aliphatic carbocycles. The Balaban J connectivity index is 2.26. The number of thioether (sulfide) groups is 2. The van der Waals surface area contributed by atoms with Crippen LogP contribution in [0, 0.1) is 12.1 Å². The molecular formula is C13H15OS2-. The Hall–Kier alpha value is -0.300. The van der Waals surface area contributed by atoms with Crippen LogP contribution in [0.3, 0.4) is 0 Å².